The molecule has 2 N–H and O–H groups in total. The van der Waals surface area contributed by atoms with Crippen LogP contribution >= 0.6 is 0 Å². The van der Waals surface area contributed by atoms with Gasteiger partial charge >= 0.3 is 6.09 Å². The summed E-state index contributed by atoms with van der Waals surface area (Å²) in [5.41, 5.74) is 0.398. The molecule has 0 radical (unpaired) electrons. The van der Waals surface area contributed by atoms with E-state index < -0.39 is 17.8 Å². The number of hydrogen-bond acceptors (Lipinski definition) is 4. The average molecular weight is 269 g/mol. The molecule has 1 aliphatic carbocycles. The van der Waals surface area contributed by atoms with Gasteiger partial charge in [0.2, 0.25) is 0 Å². The Morgan fingerprint density at radius 2 is 2.11 bits per heavy atom. The van der Waals surface area contributed by atoms with Crippen LogP contribution in [0.3, 0.4) is 0 Å². The first-order valence-electron chi connectivity index (χ1n) is 6.82. The molecule has 5 heteroatoms. The Hall–Kier alpha value is -1.07. The van der Waals surface area contributed by atoms with Crippen molar-refractivity contribution in [2.75, 3.05) is 13.2 Å². The highest BCUT2D eigenvalue weighted by molar-refractivity contribution is 5.69. The van der Waals surface area contributed by atoms with Gasteiger partial charge in [0, 0.05) is 0 Å². The predicted octanol–water partition coefficient (Wildman–Crippen LogP) is 1.30. The van der Waals surface area contributed by atoms with Gasteiger partial charge in [-0.3, -0.25) is 4.90 Å². The zero-order valence-electron chi connectivity index (χ0n) is 11.8. The molecule has 0 bridgehead atoms. The molecule has 108 valence electrons. The van der Waals surface area contributed by atoms with Crippen LogP contribution in [0.15, 0.2) is 11.6 Å². The fourth-order valence-corrected chi connectivity index (χ4v) is 2.45. The van der Waals surface area contributed by atoms with Crippen LogP contribution in [-0.2, 0) is 4.74 Å². The van der Waals surface area contributed by atoms with E-state index in [9.17, 15) is 15.0 Å². The number of hydrogen-bond donors (Lipinski definition) is 2. The van der Waals surface area contributed by atoms with Crippen molar-refractivity contribution in [3.8, 4) is 0 Å². The van der Waals surface area contributed by atoms with Crippen molar-refractivity contribution >= 4 is 6.09 Å². The lowest BCUT2D eigenvalue weighted by Gasteiger charge is -2.38. The normalized spacial score (nSPS) is 28.1. The highest BCUT2D eigenvalue weighted by atomic mass is 16.6. The number of β-amino-alcohol motifs (C(OH)–C–C–N with tert-alkyl or cyclic N) is 1. The molecule has 0 aromatic rings. The summed E-state index contributed by atoms with van der Waals surface area (Å²) in [6.07, 6.45) is 2.77. The number of rotatable bonds is 2. The van der Waals surface area contributed by atoms with Gasteiger partial charge in [-0.05, 0) is 45.1 Å². The molecule has 5 nitrogen and oxygen atoms in total. The monoisotopic (exact) mass is 269 g/mol. The van der Waals surface area contributed by atoms with Gasteiger partial charge < -0.3 is 14.9 Å². The lowest BCUT2D eigenvalue weighted by Crippen LogP contribution is -2.52. The van der Waals surface area contributed by atoms with Gasteiger partial charge in [0.1, 0.15) is 5.60 Å². The number of aliphatic hydroxyl groups excluding tert-OH is 2. The predicted molar refractivity (Wildman–Crippen MR) is 70.6 cm³/mol. The average Bonchev–Trinajstić information content (AvgIpc) is 3.09. The van der Waals surface area contributed by atoms with Crippen LogP contribution in [0.1, 0.15) is 33.6 Å². The zero-order valence-corrected chi connectivity index (χ0v) is 11.8. The molecule has 19 heavy (non-hydrogen) atoms. The Morgan fingerprint density at radius 1 is 1.47 bits per heavy atom. The molecule has 0 aromatic heterocycles. The number of nitrogens with zero attached hydrogens (tertiary/aromatic N) is 1. The molecule has 0 spiro atoms. The Morgan fingerprint density at radius 3 is 2.58 bits per heavy atom. The van der Waals surface area contributed by atoms with Crippen molar-refractivity contribution in [1.29, 1.82) is 0 Å². The summed E-state index contributed by atoms with van der Waals surface area (Å²) in [4.78, 5) is 13.6. The first kappa shape index (κ1) is 14.3. The van der Waals surface area contributed by atoms with Gasteiger partial charge in [0.25, 0.3) is 0 Å². The Kier molecular flexibility index (Phi) is 3.87. The fourth-order valence-electron chi connectivity index (χ4n) is 2.45. The summed E-state index contributed by atoms with van der Waals surface area (Å²) in [5.74, 6) is 0.400. The number of amides is 1. The molecular weight excluding hydrogens is 246 g/mol. The minimum atomic E-state index is -0.675. The summed E-state index contributed by atoms with van der Waals surface area (Å²) < 4.78 is 5.34. The van der Waals surface area contributed by atoms with Crippen molar-refractivity contribution in [3.63, 3.8) is 0 Å². The third kappa shape index (κ3) is 3.48. The minimum absolute atomic E-state index is 0.131. The lowest BCUT2D eigenvalue weighted by atomic mass is 9.95. The minimum Gasteiger partial charge on any atom is -0.444 e. The smallest absolute Gasteiger partial charge is 0.410 e. The van der Waals surface area contributed by atoms with E-state index in [0.717, 1.165) is 18.4 Å². The van der Waals surface area contributed by atoms with Gasteiger partial charge in [-0.15, -0.1) is 0 Å². The highest BCUT2D eigenvalue weighted by Crippen LogP contribution is 2.41. The molecule has 1 fully saturated rings. The molecule has 1 saturated carbocycles. The van der Waals surface area contributed by atoms with E-state index >= 15 is 0 Å². The van der Waals surface area contributed by atoms with Gasteiger partial charge in [0.15, 0.2) is 0 Å². The van der Waals surface area contributed by atoms with Crippen LogP contribution in [0.5, 0.6) is 0 Å². The summed E-state index contributed by atoms with van der Waals surface area (Å²) in [7, 11) is 0. The second-order valence-corrected chi connectivity index (χ2v) is 6.34. The fraction of sp³-hybridized carbons (Fsp3) is 0.786. The Bertz CT molecular complexity index is 381. The topological polar surface area (TPSA) is 70.0 Å². The SMILES string of the molecule is CC(C)(C)OC(=O)N1C[C@@H](O)C=C(C2CC2)[C@H]1CO. The molecule has 1 heterocycles. The third-order valence-electron chi connectivity index (χ3n) is 3.38. The van der Waals surface area contributed by atoms with Crippen LogP contribution < -0.4 is 0 Å². The largest absolute Gasteiger partial charge is 0.444 e. The highest BCUT2D eigenvalue weighted by Gasteiger charge is 2.40. The van der Waals surface area contributed by atoms with Crippen LogP contribution in [0.4, 0.5) is 4.79 Å². The first-order chi connectivity index (χ1) is 8.81. The van der Waals surface area contributed by atoms with Gasteiger partial charge in [-0.25, -0.2) is 4.79 Å². The number of carbonyl (C=O) groups is 1. The summed E-state index contributed by atoms with van der Waals surface area (Å²) in [5, 5.41) is 19.4. The van der Waals surface area contributed by atoms with Gasteiger partial charge in [-0.1, -0.05) is 6.08 Å². The molecule has 2 aliphatic rings. The number of aliphatic hydroxyl groups is 2. The molecule has 1 amide bonds. The molecular formula is C14H23NO4. The standard InChI is InChI=1S/C14H23NO4/c1-14(2,3)19-13(18)15-7-10(17)6-11(9-4-5-9)12(15)8-16/h6,9-10,12,16-17H,4-5,7-8H2,1-3H3/t10-,12+/m0/s1. The van der Waals surface area contributed by atoms with Crippen molar-refractivity contribution in [2.24, 2.45) is 5.92 Å². The second kappa shape index (κ2) is 5.13. The van der Waals surface area contributed by atoms with E-state index in [1.165, 1.54) is 4.90 Å². The molecule has 0 saturated heterocycles. The van der Waals surface area contributed by atoms with Crippen molar-refractivity contribution in [1.82, 2.24) is 4.90 Å². The molecule has 2 atom stereocenters. The number of carbonyl (C=O) groups excluding carboxylic acids is 1. The molecule has 1 aliphatic heterocycles. The van der Waals surface area contributed by atoms with E-state index in [0.29, 0.717) is 5.92 Å². The second-order valence-electron chi connectivity index (χ2n) is 6.34. The van der Waals surface area contributed by atoms with E-state index in [1.807, 2.05) is 0 Å². The molecule has 0 aromatic carbocycles. The van der Waals surface area contributed by atoms with E-state index in [4.69, 9.17) is 4.74 Å². The van der Waals surface area contributed by atoms with Crippen LogP contribution in [-0.4, -0.2) is 52.1 Å². The summed E-state index contributed by atoms with van der Waals surface area (Å²) >= 11 is 0. The third-order valence-corrected chi connectivity index (χ3v) is 3.38. The van der Waals surface area contributed by atoms with Gasteiger partial charge in [-0.2, -0.15) is 0 Å². The van der Waals surface area contributed by atoms with Crippen LogP contribution in [0, 0.1) is 5.92 Å². The Balaban J connectivity index is 2.15. The molecule has 2 rings (SSSR count). The maximum Gasteiger partial charge on any atom is 0.410 e. The van der Waals surface area contributed by atoms with Crippen molar-refractivity contribution in [3.05, 3.63) is 11.6 Å². The lowest BCUT2D eigenvalue weighted by molar-refractivity contribution is 0.000810. The maximum atomic E-state index is 12.2. The summed E-state index contributed by atoms with van der Waals surface area (Å²) in [6.45, 7) is 5.45. The van der Waals surface area contributed by atoms with Crippen molar-refractivity contribution < 1.29 is 19.7 Å². The summed E-state index contributed by atoms with van der Waals surface area (Å²) in [6, 6.07) is -0.356. The quantitative estimate of drug-likeness (QED) is 0.741. The molecule has 0 unspecified atom stereocenters. The van der Waals surface area contributed by atoms with Crippen molar-refractivity contribution in [2.45, 2.75) is 51.4 Å². The zero-order chi connectivity index (χ0) is 14.2. The van der Waals surface area contributed by atoms with Crippen LogP contribution in [0.25, 0.3) is 0 Å². The van der Waals surface area contributed by atoms with E-state index in [2.05, 4.69) is 0 Å². The number of ether oxygens (including phenoxy) is 1. The van der Waals surface area contributed by atoms with E-state index in [1.54, 1.807) is 26.8 Å². The van der Waals surface area contributed by atoms with Crippen LogP contribution in [0.2, 0.25) is 0 Å². The Labute approximate surface area is 113 Å². The van der Waals surface area contributed by atoms with Gasteiger partial charge in [0.05, 0.1) is 25.3 Å². The van der Waals surface area contributed by atoms with E-state index in [-0.39, 0.29) is 19.2 Å². The first-order valence-corrected chi connectivity index (χ1v) is 6.82. The maximum absolute atomic E-state index is 12.2.